The second-order valence-electron chi connectivity index (χ2n) is 2.44. The Balaban J connectivity index is 3.42. The highest BCUT2D eigenvalue weighted by Gasteiger charge is 2.03. The third kappa shape index (κ3) is 5.53. The summed E-state index contributed by atoms with van der Waals surface area (Å²) in [7, 11) is 0. The van der Waals surface area contributed by atoms with E-state index in [2.05, 4.69) is 13.2 Å². The van der Waals surface area contributed by atoms with Gasteiger partial charge in [-0.05, 0) is 0 Å². The number of carbonyl (C=O) groups excluding carboxylic acids is 1. The van der Waals surface area contributed by atoms with Crippen LogP contribution < -0.4 is 0 Å². The Hall–Kier alpha value is -1.25. The van der Waals surface area contributed by atoms with Crippen molar-refractivity contribution < 1.29 is 14.3 Å². The van der Waals surface area contributed by atoms with Crippen LogP contribution in [0, 0.1) is 5.92 Å². The minimum absolute atomic E-state index is 0.173. The average Bonchev–Trinajstić information content (AvgIpc) is 2.10. The highest BCUT2D eigenvalue weighted by molar-refractivity contribution is 5.81. The molecule has 0 heterocycles. The fourth-order valence-corrected chi connectivity index (χ4v) is 0.564. The van der Waals surface area contributed by atoms with E-state index in [1.54, 1.807) is 0 Å². The van der Waals surface area contributed by atoms with E-state index in [9.17, 15) is 4.79 Å². The summed E-state index contributed by atoms with van der Waals surface area (Å²) in [6.45, 7) is 9.45. The molecule has 0 aromatic heterocycles. The molecule has 0 saturated heterocycles. The van der Waals surface area contributed by atoms with Gasteiger partial charge in [-0.25, -0.2) is 4.79 Å². The number of hydrogen-bond donors (Lipinski definition) is 0. The summed E-state index contributed by atoms with van der Waals surface area (Å²) in [6, 6.07) is 0. The fourth-order valence-electron chi connectivity index (χ4n) is 0.564. The van der Waals surface area contributed by atoms with Crippen molar-refractivity contribution in [2.45, 2.75) is 6.92 Å². The van der Waals surface area contributed by atoms with Crippen LogP contribution in [0.3, 0.4) is 0 Å². The van der Waals surface area contributed by atoms with Crippen LogP contribution in [0.15, 0.2) is 25.5 Å². The molecule has 0 aromatic rings. The second kappa shape index (κ2) is 6.46. The van der Waals surface area contributed by atoms with Crippen LogP contribution in [0.5, 0.6) is 0 Å². The Bertz CT molecular complexity index is 163. The van der Waals surface area contributed by atoms with Crippen LogP contribution >= 0.6 is 0 Å². The van der Waals surface area contributed by atoms with Crippen molar-refractivity contribution in [3.63, 3.8) is 0 Å². The highest BCUT2D eigenvalue weighted by atomic mass is 16.5. The van der Waals surface area contributed by atoms with Crippen molar-refractivity contribution in [2.75, 3.05) is 13.2 Å². The molecular formula is C9H14O3. The van der Waals surface area contributed by atoms with Gasteiger partial charge in [-0.15, -0.1) is 0 Å². The summed E-state index contributed by atoms with van der Waals surface area (Å²) in [6.07, 6.45) is 2.51. The Labute approximate surface area is 72.7 Å². The standard InChI is InChI=1S/C9H14O3/c1-4-9(10)12-7-8(3)6-11-5-2/h4-5,8H,1-2,6-7H2,3H3. The van der Waals surface area contributed by atoms with Crippen molar-refractivity contribution >= 4 is 5.97 Å². The molecular weight excluding hydrogens is 156 g/mol. The van der Waals surface area contributed by atoms with E-state index in [1.807, 2.05) is 6.92 Å². The Morgan fingerprint density at radius 3 is 2.67 bits per heavy atom. The molecule has 0 spiro atoms. The molecule has 0 aromatic carbocycles. The molecule has 68 valence electrons. The summed E-state index contributed by atoms with van der Waals surface area (Å²) in [4.78, 5) is 10.6. The molecule has 0 rings (SSSR count). The lowest BCUT2D eigenvalue weighted by Gasteiger charge is -2.09. The first-order chi connectivity index (χ1) is 5.70. The van der Waals surface area contributed by atoms with Gasteiger partial charge in [0.15, 0.2) is 0 Å². The van der Waals surface area contributed by atoms with Gasteiger partial charge in [0.25, 0.3) is 0 Å². The van der Waals surface area contributed by atoms with E-state index in [4.69, 9.17) is 9.47 Å². The van der Waals surface area contributed by atoms with Gasteiger partial charge < -0.3 is 9.47 Å². The number of rotatable bonds is 6. The van der Waals surface area contributed by atoms with Gasteiger partial charge in [0.2, 0.25) is 0 Å². The maximum atomic E-state index is 10.6. The van der Waals surface area contributed by atoms with Crippen molar-refractivity contribution in [2.24, 2.45) is 5.92 Å². The monoisotopic (exact) mass is 170 g/mol. The average molecular weight is 170 g/mol. The van der Waals surface area contributed by atoms with Gasteiger partial charge in [0, 0.05) is 12.0 Å². The molecule has 0 aliphatic rings. The fraction of sp³-hybridized carbons (Fsp3) is 0.444. The van der Waals surface area contributed by atoms with Crippen LogP contribution in [0.25, 0.3) is 0 Å². The molecule has 0 amide bonds. The molecule has 0 N–H and O–H groups in total. The third-order valence-corrected chi connectivity index (χ3v) is 1.18. The van der Waals surface area contributed by atoms with Gasteiger partial charge in [-0.1, -0.05) is 20.1 Å². The van der Waals surface area contributed by atoms with Crippen molar-refractivity contribution in [1.29, 1.82) is 0 Å². The third-order valence-electron chi connectivity index (χ3n) is 1.18. The minimum atomic E-state index is -0.402. The molecule has 12 heavy (non-hydrogen) atoms. The smallest absolute Gasteiger partial charge is 0.330 e. The van der Waals surface area contributed by atoms with Crippen molar-refractivity contribution in [3.8, 4) is 0 Å². The molecule has 3 heteroatoms. The van der Waals surface area contributed by atoms with Crippen LogP contribution in [-0.4, -0.2) is 19.2 Å². The van der Waals surface area contributed by atoms with E-state index in [1.165, 1.54) is 6.26 Å². The van der Waals surface area contributed by atoms with E-state index < -0.39 is 5.97 Å². The first-order valence-corrected chi connectivity index (χ1v) is 3.72. The minimum Gasteiger partial charge on any atom is -0.501 e. The maximum Gasteiger partial charge on any atom is 0.330 e. The van der Waals surface area contributed by atoms with Crippen LogP contribution in [-0.2, 0) is 14.3 Å². The van der Waals surface area contributed by atoms with Gasteiger partial charge in [-0.3, -0.25) is 0 Å². The normalized spacial score (nSPS) is 11.4. The van der Waals surface area contributed by atoms with Gasteiger partial charge in [0.05, 0.1) is 19.5 Å². The highest BCUT2D eigenvalue weighted by Crippen LogP contribution is 1.97. The Morgan fingerprint density at radius 2 is 2.17 bits per heavy atom. The quantitative estimate of drug-likeness (QED) is 0.344. The van der Waals surface area contributed by atoms with E-state index >= 15 is 0 Å². The van der Waals surface area contributed by atoms with Gasteiger partial charge >= 0.3 is 5.97 Å². The number of hydrogen-bond acceptors (Lipinski definition) is 3. The molecule has 0 aliphatic carbocycles. The summed E-state index contributed by atoms with van der Waals surface area (Å²) in [5, 5.41) is 0. The predicted molar refractivity (Wildman–Crippen MR) is 46.5 cm³/mol. The maximum absolute atomic E-state index is 10.6. The summed E-state index contributed by atoms with van der Waals surface area (Å²) >= 11 is 0. The van der Waals surface area contributed by atoms with Crippen molar-refractivity contribution in [3.05, 3.63) is 25.5 Å². The van der Waals surface area contributed by atoms with Gasteiger partial charge in [0.1, 0.15) is 0 Å². The van der Waals surface area contributed by atoms with Crippen LogP contribution in [0.1, 0.15) is 6.92 Å². The largest absolute Gasteiger partial charge is 0.501 e. The predicted octanol–water partition coefficient (Wildman–Crippen LogP) is 1.51. The molecule has 1 atom stereocenters. The van der Waals surface area contributed by atoms with Crippen LogP contribution in [0.2, 0.25) is 0 Å². The molecule has 0 radical (unpaired) electrons. The number of carbonyl (C=O) groups is 1. The molecule has 0 saturated carbocycles. The first-order valence-electron chi connectivity index (χ1n) is 3.72. The lowest BCUT2D eigenvalue weighted by molar-refractivity contribution is -0.139. The molecule has 0 fully saturated rings. The molecule has 3 nitrogen and oxygen atoms in total. The van der Waals surface area contributed by atoms with Crippen LogP contribution in [0.4, 0.5) is 0 Å². The molecule has 1 unspecified atom stereocenters. The molecule has 0 aliphatic heterocycles. The van der Waals surface area contributed by atoms with E-state index in [-0.39, 0.29) is 5.92 Å². The van der Waals surface area contributed by atoms with E-state index in [0.717, 1.165) is 6.08 Å². The number of ether oxygens (including phenoxy) is 2. The zero-order chi connectivity index (χ0) is 9.40. The zero-order valence-corrected chi connectivity index (χ0v) is 7.29. The molecule has 0 bridgehead atoms. The second-order valence-corrected chi connectivity index (χ2v) is 2.44. The summed E-state index contributed by atoms with van der Waals surface area (Å²) in [5.74, 6) is -0.229. The van der Waals surface area contributed by atoms with E-state index in [0.29, 0.717) is 13.2 Å². The summed E-state index contributed by atoms with van der Waals surface area (Å²) in [5.41, 5.74) is 0. The Kier molecular flexibility index (Phi) is 5.79. The lowest BCUT2D eigenvalue weighted by atomic mass is 10.2. The Morgan fingerprint density at radius 1 is 1.50 bits per heavy atom. The summed E-state index contributed by atoms with van der Waals surface area (Å²) < 4.78 is 9.69. The SMILES string of the molecule is C=COCC(C)COC(=O)C=C. The topological polar surface area (TPSA) is 35.5 Å². The van der Waals surface area contributed by atoms with Gasteiger partial charge in [-0.2, -0.15) is 0 Å². The zero-order valence-electron chi connectivity index (χ0n) is 7.29. The first kappa shape index (κ1) is 10.8. The van der Waals surface area contributed by atoms with Crippen molar-refractivity contribution in [1.82, 2.24) is 0 Å². The lowest BCUT2D eigenvalue weighted by Crippen LogP contribution is -2.13. The number of esters is 1.